The van der Waals surface area contributed by atoms with Crippen LogP contribution in [0.25, 0.3) is 5.57 Å². The van der Waals surface area contributed by atoms with Crippen molar-refractivity contribution in [3.8, 4) is 0 Å². The molecule has 2 saturated carbocycles. The lowest BCUT2D eigenvalue weighted by Crippen LogP contribution is -2.51. The van der Waals surface area contributed by atoms with E-state index in [0.29, 0.717) is 11.8 Å². The Balaban J connectivity index is 1.67. The van der Waals surface area contributed by atoms with Crippen LogP contribution in [0, 0.1) is 23.7 Å². The smallest absolute Gasteiger partial charge is 0.146 e. The molecule has 0 aromatic heterocycles. The molecule has 0 amide bonds. The van der Waals surface area contributed by atoms with Gasteiger partial charge in [0, 0.05) is 21.7 Å². The molecule has 2 heteroatoms. The maximum Gasteiger partial charge on any atom is 0.146 e. The third-order valence-corrected chi connectivity index (χ3v) is 9.03. The third-order valence-electron chi connectivity index (χ3n) is 8.79. The van der Waals surface area contributed by atoms with Crippen LogP contribution >= 0.6 is 11.6 Å². The second-order valence-corrected chi connectivity index (χ2v) is 11.1. The van der Waals surface area contributed by atoms with Gasteiger partial charge in [0.2, 0.25) is 0 Å². The number of ether oxygens (including phenoxy) is 1. The minimum atomic E-state index is -0.677. The molecule has 32 heavy (non-hydrogen) atoms. The minimum Gasteiger partial charge on any atom is -0.349 e. The predicted octanol–water partition coefficient (Wildman–Crippen LogP) is 8.04. The summed E-state index contributed by atoms with van der Waals surface area (Å²) < 4.78 is 7.64. The first-order chi connectivity index (χ1) is 15.4. The second-order valence-electron chi connectivity index (χ2n) is 10.6. The lowest BCUT2D eigenvalue weighted by Gasteiger charge is -2.53. The molecule has 0 N–H and O–H groups in total. The van der Waals surface area contributed by atoms with E-state index in [1.54, 1.807) is 0 Å². The molecule has 1 nitrogen and oxygen atoms in total. The molecule has 2 aromatic carbocycles. The first-order valence-electron chi connectivity index (χ1n) is 12.0. The molecule has 4 aliphatic rings. The van der Waals surface area contributed by atoms with E-state index >= 15 is 0 Å². The second kappa shape index (κ2) is 6.95. The molecule has 6 unspecified atom stereocenters. The SMILES string of the molecule is C=C/C=C1\C(=C)c2ccccc2C12OC1(c3ccc(Cl)cc32)C(C)CC2CC(C)CC1C2. The fourth-order valence-electron chi connectivity index (χ4n) is 7.84. The summed E-state index contributed by atoms with van der Waals surface area (Å²) in [5.74, 6) is 2.52. The van der Waals surface area contributed by atoms with Gasteiger partial charge in [-0.2, -0.15) is 0 Å². The topological polar surface area (TPSA) is 9.23 Å². The molecular weight excluding hydrogens is 412 g/mol. The Bertz CT molecular complexity index is 1170. The molecule has 2 aromatic rings. The molecule has 2 bridgehead atoms. The van der Waals surface area contributed by atoms with Gasteiger partial charge in [0.15, 0.2) is 0 Å². The summed E-state index contributed by atoms with van der Waals surface area (Å²) >= 11 is 6.65. The van der Waals surface area contributed by atoms with E-state index in [1.807, 2.05) is 6.08 Å². The standard InChI is InChI=1S/C30H31ClO/c1-5-8-25-20(4)24-9-6-7-10-26(24)30(25)28-17-23(31)11-12-27(28)29(32-30)19(3)15-21-13-18(2)14-22(29)16-21/h5-12,17-19,21-22H,1,4,13-16H2,2-3H3/b25-8+. The van der Waals surface area contributed by atoms with Crippen LogP contribution in [0.5, 0.6) is 0 Å². The van der Waals surface area contributed by atoms with Crippen molar-refractivity contribution < 1.29 is 4.74 Å². The van der Waals surface area contributed by atoms with Gasteiger partial charge in [-0.15, -0.1) is 0 Å². The summed E-state index contributed by atoms with van der Waals surface area (Å²) in [6.07, 6.45) is 9.04. The first-order valence-corrected chi connectivity index (χ1v) is 12.4. The average Bonchev–Trinajstić information content (AvgIpc) is 3.19. The zero-order valence-electron chi connectivity index (χ0n) is 19.0. The zero-order chi connectivity index (χ0) is 22.3. The van der Waals surface area contributed by atoms with Gasteiger partial charge in [0.25, 0.3) is 0 Å². The van der Waals surface area contributed by atoms with Crippen LogP contribution < -0.4 is 0 Å². The molecular formula is C30H31ClO. The fraction of sp³-hybridized carbons (Fsp3) is 0.400. The number of hydrogen-bond acceptors (Lipinski definition) is 1. The van der Waals surface area contributed by atoms with E-state index in [0.717, 1.165) is 28.0 Å². The Labute approximate surface area is 196 Å². The van der Waals surface area contributed by atoms with Gasteiger partial charge in [0.1, 0.15) is 11.2 Å². The summed E-state index contributed by atoms with van der Waals surface area (Å²) in [6, 6.07) is 15.1. The van der Waals surface area contributed by atoms with Crippen LogP contribution in [0.2, 0.25) is 5.02 Å². The molecule has 1 heterocycles. The van der Waals surface area contributed by atoms with E-state index in [2.05, 4.69) is 75.5 Å². The summed E-state index contributed by atoms with van der Waals surface area (Å²) in [6.45, 7) is 13.4. The predicted molar refractivity (Wildman–Crippen MR) is 133 cm³/mol. The zero-order valence-corrected chi connectivity index (χ0v) is 19.8. The van der Waals surface area contributed by atoms with Crippen LogP contribution in [-0.4, -0.2) is 0 Å². The van der Waals surface area contributed by atoms with Crippen molar-refractivity contribution in [1.82, 2.24) is 0 Å². The molecule has 2 spiro atoms. The van der Waals surface area contributed by atoms with Crippen molar-refractivity contribution in [3.63, 3.8) is 0 Å². The summed E-state index contributed by atoms with van der Waals surface area (Å²) in [5.41, 5.74) is 6.05. The fourth-order valence-corrected chi connectivity index (χ4v) is 8.01. The molecule has 164 valence electrons. The van der Waals surface area contributed by atoms with Gasteiger partial charge in [-0.3, -0.25) is 0 Å². The highest BCUT2D eigenvalue weighted by atomic mass is 35.5. The molecule has 2 fully saturated rings. The Hall–Kier alpha value is -2.09. The summed E-state index contributed by atoms with van der Waals surface area (Å²) in [7, 11) is 0. The van der Waals surface area contributed by atoms with Crippen molar-refractivity contribution >= 4 is 17.2 Å². The van der Waals surface area contributed by atoms with Gasteiger partial charge in [0.05, 0.1) is 0 Å². The van der Waals surface area contributed by atoms with Crippen molar-refractivity contribution in [2.45, 2.75) is 50.7 Å². The Kier molecular flexibility index (Phi) is 4.46. The van der Waals surface area contributed by atoms with E-state index in [4.69, 9.17) is 16.3 Å². The van der Waals surface area contributed by atoms with Gasteiger partial charge in [-0.1, -0.05) is 81.1 Å². The van der Waals surface area contributed by atoms with Crippen LogP contribution in [-0.2, 0) is 15.9 Å². The lowest BCUT2D eigenvalue weighted by molar-refractivity contribution is -0.199. The lowest BCUT2D eigenvalue weighted by atomic mass is 9.56. The van der Waals surface area contributed by atoms with E-state index in [1.165, 1.54) is 47.9 Å². The maximum absolute atomic E-state index is 7.64. The number of allylic oxidation sites excluding steroid dienone is 2. The van der Waals surface area contributed by atoms with Crippen LogP contribution in [0.15, 0.2) is 73.3 Å². The highest BCUT2D eigenvalue weighted by Crippen LogP contribution is 2.68. The van der Waals surface area contributed by atoms with Gasteiger partial charge in [-0.25, -0.2) is 0 Å². The van der Waals surface area contributed by atoms with Gasteiger partial charge in [-0.05, 0) is 78.2 Å². The van der Waals surface area contributed by atoms with Crippen molar-refractivity contribution in [2.24, 2.45) is 23.7 Å². The minimum absolute atomic E-state index is 0.302. The molecule has 3 aliphatic carbocycles. The Morgan fingerprint density at radius 1 is 1.00 bits per heavy atom. The van der Waals surface area contributed by atoms with E-state index in [9.17, 15) is 0 Å². The van der Waals surface area contributed by atoms with E-state index < -0.39 is 5.60 Å². The highest BCUT2D eigenvalue weighted by Gasteiger charge is 2.65. The third kappa shape index (κ3) is 2.45. The first kappa shape index (κ1) is 20.5. The molecule has 1 aliphatic heterocycles. The highest BCUT2D eigenvalue weighted by molar-refractivity contribution is 6.30. The molecule has 6 atom stereocenters. The largest absolute Gasteiger partial charge is 0.349 e. The van der Waals surface area contributed by atoms with Crippen LogP contribution in [0.4, 0.5) is 0 Å². The quantitative estimate of drug-likeness (QED) is 0.434. The number of rotatable bonds is 1. The monoisotopic (exact) mass is 442 g/mol. The Morgan fingerprint density at radius 2 is 1.81 bits per heavy atom. The van der Waals surface area contributed by atoms with Crippen molar-refractivity contribution in [1.29, 1.82) is 0 Å². The van der Waals surface area contributed by atoms with Crippen molar-refractivity contribution in [2.75, 3.05) is 0 Å². The number of fused-ring (bicyclic) bond motifs is 8. The van der Waals surface area contributed by atoms with E-state index in [-0.39, 0.29) is 5.60 Å². The van der Waals surface area contributed by atoms with Crippen LogP contribution in [0.3, 0.4) is 0 Å². The normalized spacial score (nSPS) is 38.3. The van der Waals surface area contributed by atoms with Crippen LogP contribution in [0.1, 0.15) is 61.8 Å². The molecule has 6 rings (SSSR count). The van der Waals surface area contributed by atoms with Crippen molar-refractivity contribution in [3.05, 3.63) is 101 Å². The van der Waals surface area contributed by atoms with Gasteiger partial charge < -0.3 is 4.74 Å². The Morgan fingerprint density at radius 3 is 2.62 bits per heavy atom. The summed E-state index contributed by atoms with van der Waals surface area (Å²) in [5, 5.41) is 0.759. The average molecular weight is 443 g/mol. The number of benzene rings is 2. The summed E-state index contributed by atoms with van der Waals surface area (Å²) in [4.78, 5) is 0. The number of halogens is 1. The maximum atomic E-state index is 7.64. The molecule has 0 saturated heterocycles. The molecule has 0 radical (unpaired) electrons. The number of hydrogen-bond donors (Lipinski definition) is 0. The van der Waals surface area contributed by atoms with Gasteiger partial charge >= 0.3 is 0 Å².